The number of benzene rings is 1. The fourth-order valence-electron chi connectivity index (χ4n) is 1.50. The third-order valence-corrected chi connectivity index (χ3v) is 2.25. The van der Waals surface area contributed by atoms with Crippen molar-refractivity contribution in [2.75, 3.05) is 0 Å². The minimum absolute atomic E-state index is 0. The minimum Gasteiger partial charge on any atom is -1.00 e. The first-order valence-corrected chi connectivity index (χ1v) is 4.82. The van der Waals surface area contributed by atoms with Crippen LogP contribution in [0.25, 0.3) is 0 Å². The van der Waals surface area contributed by atoms with Crippen LogP contribution in [-0.4, -0.2) is 0 Å². The van der Waals surface area contributed by atoms with Crippen LogP contribution in [-0.2, 0) is 6.54 Å². The van der Waals surface area contributed by atoms with Crippen molar-refractivity contribution in [3.8, 4) is 6.07 Å². The third kappa shape index (κ3) is 2.91. The Morgan fingerprint density at radius 1 is 1.00 bits per heavy atom. The van der Waals surface area contributed by atoms with Crippen LogP contribution in [0.1, 0.15) is 11.3 Å². The van der Waals surface area contributed by atoms with Crippen LogP contribution < -0.4 is 21.5 Å². The molecule has 2 nitrogen and oxygen atoms in total. The Labute approximate surface area is 106 Å². The first-order valence-electron chi connectivity index (χ1n) is 4.82. The van der Waals surface area contributed by atoms with Gasteiger partial charge in [0.05, 0.1) is 0 Å². The highest BCUT2D eigenvalue weighted by atomic mass is 79.9. The van der Waals surface area contributed by atoms with Gasteiger partial charge in [0.2, 0.25) is 0 Å². The SMILES string of the molecule is N#Cc1cccc[n+]1Cc1ccccc1.[Br-]. The van der Waals surface area contributed by atoms with Crippen LogP contribution >= 0.6 is 0 Å². The summed E-state index contributed by atoms with van der Waals surface area (Å²) in [5.74, 6) is 0. The maximum atomic E-state index is 8.93. The molecule has 0 aliphatic heterocycles. The standard InChI is InChI=1S/C13H11N2.BrH/c14-10-13-8-4-5-9-15(13)11-12-6-2-1-3-7-12;/h1-9H,11H2;1H/q+1;/p-1. The topological polar surface area (TPSA) is 27.7 Å². The van der Waals surface area contributed by atoms with Gasteiger partial charge in [-0.2, -0.15) is 9.83 Å². The Kier molecular flexibility index (Phi) is 4.68. The van der Waals surface area contributed by atoms with Gasteiger partial charge in [0.15, 0.2) is 18.8 Å². The lowest BCUT2D eigenvalue weighted by Gasteiger charge is -1.98. The molecule has 0 unspecified atom stereocenters. The molecule has 1 heterocycles. The number of aromatic nitrogens is 1. The van der Waals surface area contributed by atoms with Gasteiger partial charge in [0, 0.05) is 17.7 Å². The molecule has 0 aliphatic rings. The number of hydrogen-bond donors (Lipinski definition) is 0. The maximum Gasteiger partial charge on any atom is 0.283 e. The number of nitrogens with zero attached hydrogens (tertiary/aromatic N) is 2. The summed E-state index contributed by atoms with van der Waals surface area (Å²) in [7, 11) is 0. The second-order valence-corrected chi connectivity index (χ2v) is 3.31. The number of rotatable bonds is 2. The van der Waals surface area contributed by atoms with Gasteiger partial charge >= 0.3 is 0 Å². The number of halogens is 1. The molecule has 0 N–H and O–H groups in total. The third-order valence-electron chi connectivity index (χ3n) is 2.25. The predicted molar refractivity (Wildman–Crippen MR) is 56.9 cm³/mol. The molecule has 1 aromatic carbocycles. The molecule has 2 rings (SSSR count). The molecule has 3 heteroatoms. The van der Waals surface area contributed by atoms with Crippen molar-refractivity contribution in [1.29, 1.82) is 5.26 Å². The summed E-state index contributed by atoms with van der Waals surface area (Å²) >= 11 is 0. The monoisotopic (exact) mass is 274 g/mol. The number of nitriles is 1. The molecule has 80 valence electrons. The normalized spacial score (nSPS) is 8.94. The van der Waals surface area contributed by atoms with E-state index < -0.39 is 0 Å². The van der Waals surface area contributed by atoms with Crippen molar-refractivity contribution in [3.05, 3.63) is 66.0 Å². The second kappa shape index (κ2) is 6.04. The van der Waals surface area contributed by atoms with E-state index in [0.29, 0.717) is 5.69 Å². The summed E-state index contributed by atoms with van der Waals surface area (Å²) in [6.07, 6.45) is 1.92. The minimum atomic E-state index is 0. The van der Waals surface area contributed by atoms with Gasteiger partial charge in [0.25, 0.3) is 5.69 Å². The average Bonchev–Trinajstić information content (AvgIpc) is 2.31. The highest BCUT2D eigenvalue weighted by molar-refractivity contribution is 5.16. The molecule has 0 saturated carbocycles. The summed E-state index contributed by atoms with van der Waals surface area (Å²) in [5.41, 5.74) is 1.88. The van der Waals surface area contributed by atoms with Gasteiger partial charge in [-0.3, -0.25) is 0 Å². The zero-order chi connectivity index (χ0) is 10.5. The molecule has 0 bridgehead atoms. The number of pyridine rings is 1. The lowest BCUT2D eigenvalue weighted by Crippen LogP contribution is -3.00. The van der Waals surface area contributed by atoms with E-state index in [1.54, 1.807) is 0 Å². The Balaban J connectivity index is 0.00000128. The van der Waals surface area contributed by atoms with Crippen LogP contribution in [0.15, 0.2) is 54.7 Å². The summed E-state index contributed by atoms with van der Waals surface area (Å²) < 4.78 is 1.94. The van der Waals surface area contributed by atoms with Crippen molar-refractivity contribution in [3.63, 3.8) is 0 Å². The summed E-state index contributed by atoms with van der Waals surface area (Å²) in [4.78, 5) is 0. The molecule has 0 aliphatic carbocycles. The van der Waals surface area contributed by atoms with E-state index in [1.165, 1.54) is 5.56 Å². The van der Waals surface area contributed by atoms with Gasteiger partial charge in [-0.25, -0.2) is 0 Å². The average molecular weight is 275 g/mol. The molecule has 0 amide bonds. The quantitative estimate of drug-likeness (QED) is 0.639. The van der Waals surface area contributed by atoms with Crippen molar-refractivity contribution >= 4 is 0 Å². The molecule has 0 saturated heterocycles. The lowest BCUT2D eigenvalue weighted by molar-refractivity contribution is -0.690. The van der Waals surface area contributed by atoms with E-state index in [1.807, 2.05) is 47.2 Å². The highest BCUT2D eigenvalue weighted by Gasteiger charge is 2.08. The maximum absolute atomic E-state index is 8.93. The van der Waals surface area contributed by atoms with Crippen molar-refractivity contribution in [2.24, 2.45) is 0 Å². The molecule has 0 fully saturated rings. The molecule has 2 aromatic rings. The van der Waals surface area contributed by atoms with E-state index in [9.17, 15) is 0 Å². The fraction of sp³-hybridized carbons (Fsp3) is 0.0769. The molecular formula is C13H11BrN2. The predicted octanol–water partition coefficient (Wildman–Crippen LogP) is -1.10. The van der Waals surface area contributed by atoms with Gasteiger partial charge in [-0.1, -0.05) is 30.3 Å². The Hall–Kier alpha value is -1.66. The van der Waals surface area contributed by atoms with Crippen LogP contribution in [0, 0.1) is 11.3 Å². The smallest absolute Gasteiger partial charge is 0.283 e. The zero-order valence-electron chi connectivity index (χ0n) is 8.68. The van der Waals surface area contributed by atoms with E-state index >= 15 is 0 Å². The first kappa shape index (κ1) is 12.4. The summed E-state index contributed by atoms with van der Waals surface area (Å²) in [6.45, 7) is 0.741. The van der Waals surface area contributed by atoms with Crippen molar-refractivity contribution in [2.45, 2.75) is 6.54 Å². The van der Waals surface area contributed by atoms with E-state index in [0.717, 1.165) is 6.54 Å². The van der Waals surface area contributed by atoms with Gasteiger partial charge in [-0.05, 0) is 6.07 Å². The van der Waals surface area contributed by atoms with Crippen molar-refractivity contribution < 1.29 is 21.5 Å². The molecule has 0 atom stereocenters. The van der Waals surface area contributed by atoms with Gasteiger partial charge in [0.1, 0.15) is 0 Å². The molecular weight excluding hydrogens is 264 g/mol. The van der Waals surface area contributed by atoms with Crippen molar-refractivity contribution in [1.82, 2.24) is 0 Å². The molecule has 0 radical (unpaired) electrons. The van der Waals surface area contributed by atoms with E-state index in [2.05, 4.69) is 18.2 Å². The van der Waals surface area contributed by atoms with Crippen LogP contribution in [0.2, 0.25) is 0 Å². The zero-order valence-corrected chi connectivity index (χ0v) is 10.3. The van der Waals surface area contributed by atoms with Gasteiger partial charge < -0.3 is 17.0 Å². The lowest BCUT2D eigenvalue weighted by atomic mass is 10.2. The fourth-order valence-corrected chi connectivity index (χ4v) is 1.50. The molecule has 0 spiro atoms. The number of hydrogen-bond acceptors (Lipinski definition) is 1. The summed E-state index contributed by atoms with van der Waals surface area (Å²) in [5, 5.41) is 8.93. The molecule has 16 heavy (non-hydrogen) atoms. The molecule has 1 aromatic heterocycles. The Morgan fingerprint density at radius 2 is 1.69 bits per heavy atom. The Bertz CT molecular complexity index is 489. The second-order valence-electron chi connectivity index (χ2n) is 3.31. The summed E-state index contributed by atoms with van der Waals surface area (Å²) in [6, 6.07) is 17.9. The van der Waals surface area contributed by atoms with E-state index in [-0.39, 0.29) is 17.0 Å². The highest BCUT2D eigenvalue weighted by Crippen LogP contribution is 1.98. The van der Waals surface area contributed by atoms with Crippen LogP contribution in [0.3, 0.4) is 0 Å². The van der Waals surface area contributed by atoms with E-state index in [4.69, 9.17) is 5.26 Å². The largest absolute Gasteiger partial charge is 1.00 e. The first-order chi connectivity index (χ1) is 7.40. The van der Waals surface area contributed by atoms with Gasteiger partial charge in [-0.15, -0.1) is 0 Å². The van der Waals surface area contributed by atoms with Crippen LogP contribution in [0.4, 0.5) is 0 Å². The van der Waals surface area contributed by atoms with Crippen LogP contribution in [0.5, 0.6) is 0 Å². The Morgan fingerprint density at radius 3 is 2.38 bits per heavy atom.